The van der Waals surface area contributed by atoms with Crippen LogP contribution in [0.4, 0.5) is 4.39 Å². The number of rotatable bonds is 2. The summed E-state index contributed by atoms with van der Waals surface area (Å²) in [6.07, 6.45) is 0.201. The van der Waals surface area contributed by atoms with E-state index >= 15 is 0 Å². The van der Waals surface area contributed by atoms with Crippen molar-refractivity contribution in [3.63, 3.8) is 0 Å². The zero-order chi connectivity index (χ0) is 16.6. The maximum atomic E-state index is 14.0. The first-order valence-electron chi connectivity index (χ1n) is 7.03. The van der Waals surface area contributed by atoms with E-state index in [9.17, 15) is 19.1 Å². The molecular formula is C17H13ClFNO3. The highest BCUT2D eigenvalue weighted by atomic mass is 35.5. The molecule has 0 saturated carbocycles. The second kappa shape index (κ2) is 6.01. The fourth-order valence-electron chi connectivity index (χ4n) is 2.77. The molecule has 2 aromatic rings. The summed E-state index contributed by atoms with van der Waals surface area (Å²) in [5.74, 6) is -2.52. The Labute approximate surface area is 137 Å². The van der Waals surface area contributed by atoms with Gasteiger partial charge in [-0.2, -0.15) is 0 Å². The van der Waals surface area contributed by atoms with Gasteiger partial charge in [-0.05, 0) is 29.3 Å². The van der Waals surface area contributed by atoms with Crippen LogP contribution < -0.4 is 0 Å². The van der Waals surface area contributed by atoms with Crippen molar-refractivity contribution in [3.05, 3.63) is 70.0 Å². The van der Waals surface area contributed by atoms with E-state index in [1.807, 2.05) is 24.3 Å². The van der Waals surface area contributed by atoms with Crippen molar-refractivity contribution in [2.24, 2.45) is 0 Å². The van der Waals surface area contributed by atoms with Crippen molar-refractivity contribution in [1.82, 2.24) is 4.90 Å². The van der Waals surface area contributed by atoms with Crippen molar-refractivity contribution in [1.29, 1.82) is 0 Å². The van der Waals surface area contributed by atoms with Crippen molar-refractivity contribution >= 4 is 23.5 Å². The third kappa shape index (κ3) is 2.92. The number of fused-ring (bicyclic) bond motifs is 1. The first-order chi connectivity index (χ1) is 11.0. The number of carbonyl (C=O) groups excluding carboxylic acids is 1. The van der Waals surface area contributed by atoms with Crippen LogP contribution in [0.3, 0.4) is 0 Å². The lowest BCUT2D eigenvalue weighted by Crippen LogP contribution is -2.48. The minimum absolute atomic E-state index is 0.133. The molecule has 0 aliphatic carbocycles. The van der Waals surface area contributed by atoms with Gasteiger partial charge in [-0.1, -0.05) is 35.9 Å². The Bertz CT molecular complexity index is 793. The Balaban J connectivity index is 1.99. The summed E-state index contributed by atoms with van der Waals surface area (Å²) in [6, 6.07) is 10.0. The molecule has 3 rings (SSSR count). The van der Waals surface area contributed by atoms with Crippen LogP contribution in [0.15, 0.2) is 42.5 Å². The maximum absolute atomic E-state index is 14.0. The molecule has 1 atom stereocenters. The zero-order valence-electron chi connectivity index (χ0n) is 12.0. The van der Waals surface area contributed by atoms with Gasteiger partial charge in [-0.3, -0.25) is 4.79 Å². The molecule has 4 nitrogen and oxygen atoms in total. The Morgan fingerprint density at radius 2 is 1.87 bits per heavy atom. The first kappa shape index (κ1) is 15.5. The molecule has 23 heavy (non-hydrogen) atoms. The summed E-state index contributed by atoms with van der Waals surface area (Å²) < 4.78 is 14.0. The van der Waals surface area contributed by atoms with Crippen LogP contribution in [0.25, 0.3) is 0 Å². The van der Waals surface area contributed by atoms with Gasteiger partial charge in [-0.15, -0.1) is 0 Å². The van der Waals surface area contributed by atoms with Crippen LogP contribution in [-0.2, 0) is 17.8 Å². The summed E-state index contributed by atoms with van der Waals surface area (Å²) in [5.41, 5.74) is 1.58. The number of nitrogens with zero attached hydrogens (tertiary/aromatic N) is 1. The van der Waals surface area contributed by atoms with E-state index in [0.717, 1.165) is 17.2 Å². The van der Waals surface area contributed by atoms with Crippen LogP contribution >= 0.6 is 11.6 Å². The molecule has 1 N–H and O–H groups in total. The molecule has 1 heterocycles. The topological polar surface area (TPSA) is 57.6 Å². The van der Waals surface area contributed by atoms with Crippen molar-refractivity contribution in [2.45, 2.75) is 19.0 Å². The average molecular weight is 334 g/mol. The second-order valence-electron chi connectivity index (χ2n) is 5.38. The molecule has 6 heteroatoms. The number of benzene rings is 2. The predicted molar refractivity (Wildman–Crippen MR) is 82.9 cm³/mol. The molecule has 0 bridgehead atoms. The van der Waals surface area contributed by atoms with E-state index in [2.05, 4.69) is 0 Å². The van der Waals surface area contributed by atoms with Crippen molar-refractivity contribution < 1.29 is 19.1 Å². The van der Waals surface area contributed by atoms with E-state index in [1.54, 1.807) is 0 Å². The number of hydrogen-bond acceptors (Lipinski definition) is 2. The molecule has 1 aliphatic heterocycles. The highest BCUT2D eigenvalue weighted by Crippen LogP contribution is 2.26. The lowest BCUT2D eigenvalue weighted by molar-refractivity contribution is -0.142. The number of carboxylic acids is 1. The Morgan fingerprint density at radius 3 is 2.52 bits per heavy atom. The van der Waals surface area contributed by atoms with Crippen LogP contribution in [0.1, 0.15) is 21.5 Å². The predicted octanol–water partition coefficient (Wildman–Crippen LogP) is 3.13. The molecule has 0 saturated heterocycles. The number of carboxylic acid groups (broad SMARTS) is 1. The van der Waals surface area contributed by atoms with Gasteiger partial charge in [0.2, 0.25) is 0 Å². The standard InChI is InChI=1S/C17H13ClFNO3/c18-12-5-6-13(14(19)8-12)16(21)20-9-11-4-2-1-3-10(11)7-15(20)17(22)23/h1-6,8,15H,7,9H2,(H,22,23). The molecule has 1 aliphatic rings. The third-order valence-electron chi connectivity index (χ3n) is 3.96. The fraction of sp³-hybridized carbons (Fsp3) is 0.176. The summed E-state index contributed by atoms with van der Waals surface area (Å²) in [4.78, 5) is 25.4. The van der Waals surface area contributed by atoms with Gasteiger partial charge in [0.25, 0.3) is 5.91 Å². The average Bonchev–Trinajstić information content (AvgIpc) is 2.53. The quantitative estimate of drug-likeness (QED) is 0.918. The zero-order valence-corrected chi connectivity index (χ0v) is 12.8. The minimum Gasteiger partial charge on any atom is -0.480 e. The van der Waals surface area contributed by atoms with Crippen LogP contribution in [0.2, 0.25) is 5.02 Å². The van der Waals surface area contributed by atoms with Gasteiger partial charge in [0, 0.05) is 18.0 Å². The Kier molecular flexibility index (Phi) is 4.05. The molecule has 118 valence electrons. The van der Waals surface area contributed by atoms with Gasteiger partial charge < -0.3 is 10.0 Å². The molecule has 0 radical (unpaired) electrons. The molecule has 1 amide bonds. The van der Waals surface area contributed by atoms with E-state index < -0.39 is 23.7 Å². The van der Waals surface area contributed by atoms with Gasteiger partial charge in [0.05, 0.1) is 5.56 Å². The maximum Gasteiger partial charge on any atom is 0.326 e. The van der Waals surface area contributed by atoms with E-state index in [-0.39, 0.29) is 23.6 Å². The minimum atomic E-state index is -1.11. The van der Waals surface area contributed by atoms with Crippen LogP contribution in [-0.4, -0.2) is 27.9 Å². The summed E-state index contributed by atoms with van der Waals surface area (Å²) >= 11 is 5.69. The fourth-order valence-corrected chi connectivity index (χ4v) is 2.93. The molecule has 2 aromatic carbocycles. The molecule has 0 spiro atoms. The van der Waals surface area contributed by atoms with E-state index in [1.165, 1.54) is 17.0 Å². The number of aliphatic carboxylic acids is 1. The smallest absolute Gasteiger partial charge is 0.326 e. The molecule has 0 fully saturated rings. The van der Waals surface area contributed by atoms with Crippen LogP contribution in [0.5, 0.6) is 0 Å². The van der Waals surface area contributed by atoms with Crippen molar-refractivity contribution in [2.75, 3.05) is 0 Å². The van der Waals surface area contributed by atoms with Gasteiger partial charge in [0.15, 0.2) is 0 Å². The normalized spacial score (nSPS) is 16.8. The monoisotopic (exact) mass is 333 g/mol. The lowest BCUT2D eigenvalue weighted by atomic mass is 9.93. The Hall–Kier alpha value is -2.40. The number of amides is 1. The second-order valence-corrected chi connectivity index (χ2v) is 5.82. The molecule has 0 aromatic heterocycles. The third-order valence-corrected chi connectivity index (χ3v) is 4.19. The van der Waals surface area contributed by atoms with E-state index in [4.69, 9.17) is 11.6 Å². The van der Waals surface area contributed by atoms with Gasteiger partial charge in [-0.25, -0.2) is 9.18 Å². The summed E-state index contributed by atoms with van der Waals surface area (Å²) in [6.45, 7) is 0.133. The molecule has 1 unspecified atom stereocenters. The number of halogens is 2. The largest absolute Gasteiger partial charge is 0.480 e. The van der Waals surface area contributed by atoms with Crippen molar-refractivity contribution in [3.8, 4) is 0 Å². The summed E-state index contributed by atoms with van der Waals surface area (Å²) in [7, 11) is 0. The van der Waals surface area contributed by atoms with Gasteiger partial charge >= 0.3 is 5.97 Å². The SMILES string of the molecule is O=C(O)C1Cc2ccccc2CN1C(=O)c1ccc(Cl)cc1F. The lowest BCUT2D eigenvalue weighted by Gasteiger charge is -2.34. The highest BCUT2D eigenvalue weighted by molar-refractivity contribution is 6.30. The van der Waals surface area contributed by atoms with E-state index in [0.29, 0.717) is 0 Å². The molecular weight excluding hydrogens is 321 g/mol. The first-order valence-corrected chi connectivity index (χ1v) is 7.41. The highest BCUT2D eigenvalue weighted by Gasteiger charge is 2.35. The number of hydrogen-bond donors (Lipinski definition) is 1. The summed E-state index contributed by atoms with van der Waals surface area (Å²) in [5, 5.41) is 9.61. The van der Waals surface area contributed by atoms with Gasteiger partial charge in [0.1, 0.15) is 11.9 Å². The number of carbonyl (C=O) groups is 2. The van der Waals surface area contributed by atoms with Crippen LogP contribution in [0, 0.1) is 5.82 Å². The Morgan fingerprint density at radius 1 is 1.17 bits per heavy atom.